The maximum Gasteiger partial charge on any atom is 0.252 e. The van der Waals surface area contributed by atoms with E-state index in [9.17, 15) is 0 Å². The van der Waals surface area contributed by atoms with Gasteiger partial charge in [-0.05, 0) is 192 Å². The highest BCUT2D eigenvalue weighted by Crippen LogP contribution is 2.56. The van der Waals surface area contributed by atoms with Crippen LogP contribution in [0.2, 0.25) is 0 Å². The lowest BCUT2D eigenvalue weighted by Crippen LogP contribution is -2.62. The maximum absolute atomic E-state index is 2.73. The molecule has 0 spiro atoms. The van der Waals surface area contributed by atoms with Gasteiger partial charge in [0.2, 0.25) is 0 Å². The van der Waals surface area contributed by atoms with E-state index >= 15 is 0 Å². The van der Waals surface area contributed by atoms with Crippen LogP contribution in [0.4, 0.5) is 34.1 Å². The molecule has 0 radical (unpaired) electrons. The van der Waals surface area contributed by atoms with Crippen LogP contribution in [0.1, 0.15) is 180 Å². The molecule has 2 aliphatic heterocycles. The lowest BCUT2D eigenvalue weighted by atomic mass is 9.33. The quantitative estimate of drug-likeness (QED) is 0.159. The summed E-state index contributed by atoms with van der Waals surface area (Å²) in [5, 5.41) is 2.72. The van der Waals surface area contributed by atoms with Crippen molar-refractivity contribution in [1.29, 1.82) is 0 Å². The van der Waals surface area contributed by atoms with Crippen LogP contribution in [0, 0.1) is 6.92 Å². The van der Waals surface area contributed by atoms with E-state index in [0.29, 0.717) is 0 Å². The summed E-state index contributed by atoms with van der Waals surface area (Å²) < 4.78 is 2.77. The van der Waals surface area contributed by atoms with Crippen LogP contribution in [0.15, 0.2) is 91.0 Å². The molecule has 68 heavy (non-hydrogen) atoms. The fraction of sp³-hybridized carbons (Fsp3) is 0.438. The Bertz CT molecular complexity index is 3340. The number of hydrogen-bond acceptors (Lipinski definition) is 3. The number of aryl methyl sites for hydroxylation is 1. The Morgan fingerprint density at radius 1 is 0.471 bits per heavy atom. The minimum atomic E-state index is -0.0591. The smallest absolute Gasteiger partial charge is 0.252 e. The third kappa shape index (κ3) is 6.20. The Kier molecular flexibility index (Phi) is 8.98. The van der Waals surface area contributed by atoms with Crippen molar-refractivity contribution < 1.29 is 0 Å². The van der Waals surface area contributed by atoms with Crippen molar-refractivity contribution in [1.82, 2.24) is 0 Å². The first kappa shape index (κ1) is 44.4. The van der Waals surface area contributed by atoms with Gasteiger partial charge >= 0.3 is 0 Å². The van der Waals surface area contributed by atoms with Gasteiger partial charge in [0.15, 0.2) is 0 Å². The molecule has 3 aliphatic carbocycles. The number of rotatable bonds is 2. The second kappa shape index (κ2) is 13.7. The van der Waals surface area contributed by atoms with E-state index in [1.54, 1.807) is 0 Å². The summed E-state index contributed by atoms with van der Waals surface area (Å²) in [6.45, 7) is 39.5. The van der Waals surface area contributed by atoms with Crippen molar-refractivity contribution in [2.24, 2.45) is 0 Å². The van der Waals surface area contributed by atoms with Gasteiger partial charge in [0, 0.05) is 54.3 Å². The van der Waals surface area contributed by atoms with Crippen LogP contribution in [-0.4, -0.2) is 6.71 Å². The van der Waals surface area contributed by atoms with E-state index in [-0.39, 0.29) is 44.6 Å². The lowest BCUT2D eigenvalue weighted by Gasteiger charge is -2.48. The van der Waals surface area contributed by atoms with Crippen LogP contribution < -0.4 is 26.2 Å². The number of hydrogen-bond donors (Lipinski definition) is 0. The molecule has 0 amide bonds. The standard InChI is InChI=1S/C64H73BN2S/c1-37-27-53-56-54(28-37)67(39-29-41-40-19-17-18-20-55(40)68-57(41)48(31-39)58(2,3)4)52-35-47-45(63(13,14)36-64(47,15)16)33-50(52)65(56)49-32-44-46(62(11,12)26-25-61(44,9)10)34-51(49)66(53)38-21-22-42-43(30-38)60(7,8)24-23-59(42,5)6/h17-22,27-35H,23-26,36H2,1-16H3. The Balaban J connectivity index is 1.23. The number of benzene rings is 6. The van der Waals surface area contributed by atoms with E-state index in [2.05, 4.69) is 212 Å². The second-order valence-electron chi connectivity index (χ2n) is 27.2. The molecule has 7 aromatic rings. The van der Waals surface area contributed by atoms with Gasteiger partial charge in [0.25, 0.3) is 6.71 Å². The number of nitrogens with zero attached hydrogens (tertiary/aromatic N) is 2. The first-order valence-corrected chi connectivity index (χ1v) is 26.7. The Hall–Kier alpha value is -4.80. The summed E-state index contributed by atoms with van der Waals surface area (Å²) in [6.07, 6.45) is 5.91. The van der Waals surface area contributed by atoms with E-state index in [4.69, 9.17) is 0 Å². The van der Waals surface area contributed by atoms with E-state index in [1.807, 2.05) is 11.3 Å². The van der Waals surface area contributed by atoms with Crippen molar-refractivity contribution in [2.75, 3.05) is 9.80 Å². The highest BCUT2D eigenvalue weighted by molar-refractivity contribution is 7.26. The maximum atomic E-state index is 2.73. The molecule has 0 N–H and O–H groups in total. The molecule has 2 nitrogen and oxygen atoms in total. The lowest BCUT2D eigenvalue weighted by molar-refractivity contribution is 0.332. The average molecular weight is 913 g/mol. The number of anilines is 6. The minimum Gasteiger partial charge on any atom is -0.311 e. The van der Waals surface area contributed by atoms with Crippen molar-refractivity contribution in [3.05, 3.63) is 136 Å². The van der Waals surface area contributed by atoms with Crippen LogP contribution in [-0.2, 0) is 37.9 Å². The Labute approximate surface area is 412 Å². The van der Waals surface area contributed by atoms with Gasteiger partial charge in [0.1, 0.15) is 0 Å². The number of fused-ring (bicyclic) bond motifs is 10. The van der Waals surface area contributed by atoms with Crippen LogP contribution >= 0.6 is 11.3 Å². The number of thiophene rings is 1. The average Bonchev–Trinajstić information content (AvgIpc) is 3.71. The molecule has 6 aromatic carbocycles. The zero-order valence-corrected chi connectivity index (χ0v) is 44.9. The summed E-state index contributed by atoms with van der Waals surface area (Å²) >= 11 is 1.96. The molecule has 1 aromatic heterocycles. The summed E-state index contributed by atoms with van der Waals surface area (Å²) in [7, 11) is 0. The molecule has 0 unspecified atom stereocenters. The molecule has 348 valence electrons. The molecule has 0 bridgehead atoms. The monoisotopic (exact) mass is 913 g/mol. The first-order chi connectivity index (χ1) is 31.7. The minimum absolute atomic E-state index is 0.0480. The summed E-state index contributed by atoms with van der Waals surface area (Å²) in [4.78, 5) is 5.46. The van der Waals surface area contributed by atoms with Gasteiger partial charge in [-0.2, -0.15) is 0 Å². The molecular weight excluding hydrogens is 840 g/mol. The van der Waals surface area contributed by atoms with Crippen LogP contribution in [0.3, 0.4) is 0 Å². The largest absolute Gasteiger partial charge is 0.311 e. The van der Waals surface area contributed by atoms with Crippen LogP contribution in [0.25, 0.3) is 20.2 Å². The van der Waals surface area contributed by atoms with Crippen molar-refractivity contribution in [3.63, 3.8) is 0 Å². The van der Waals surface area contributed by atoms with Crippen molar-refractivity contribution in [2.45, 2.75) is 181 Å². The summed E-state index contributed by atoms with van der Waals surface area (Å²) in [5.74, 6) is 0. The predicted octanol–water partition coefficient (Wildman–Crippen LogP) is 16.4. The molecule has 5 aliphatic rings. The molecule has 12 rings (SSSR count). The highest BCUT2D eigenvalue weighted by atomic mass is 32.1. The van der Waals surface area contributed by atoms with Crippen molar-refractivity contribution >= 4 is 88.7 Å². The fourth-order valence-corrected chi connectivity index (χ4v) is 15.8. The van der Waals surface area contributed by atoms with E-state index < -0.39 is 0 Å². The Morgan fingerprint density at radius 2 is 0.956 bits per heavy atom. The molecule has 3 heterocycles. The van der Waals surface area contributed by atoms with Gasteiger partial charge in [-0.25, -0.2) is 0 Å². The predicted molar refractivity (Wildman–Crippen MR) is 298 cm³/mol. The molecule has 4 heteroatoms. The van der Waals surface area contributed by atoms with Gasteiger partial charge in [-0.15, -0.1) is 11.3 Å². The molecule has 0 fully saturated rings. The third-order valence-corrected chi connectivity index (χ3v) is 19.5. The van der Waals surface area contributed by atoms with Gasteiger partial charge in [0.05, 0.1) is 0 Å². The molecule has 0 atom stereocenters. The summed E-state index contributed by atoms with van der Waals surface area (Å²) in [6, 6.07) is 37.7. The normalized spacial score (nSPS) is 20.7. The zero-order chi connectivity index (χ0) is 48.2. The molecule has 0 saturated heterocycles. The van der Waals surface area contributed by atoms with Gasteiger partial charge < -0.3 is 9.80 Å². The second-order valence-corrected chi connectivity index (χ2v) is 28.2. The first-order valence-electron chi connectivity index (χ1n) is 25.9. The van der Waals surface area contributed by atoms with Crippen LogP contribution in [0.5, 0.6) is 0 Å². The zero-order valence-electron chi connectivity index (χ0n) is 44.1. The summed E-state index contributed by atoms with van der Waals surface area (Å²) in [5.41, 5.74) is 24.4. The topological polar surface area (TPSA) is 6.48 Å². The van der Waals surface area contributed by atoms with Crippen molar-refractivity contribution in [3.8, 4) is 0 Å². The SMILES string of the molecule is Cc1cc2c3c(c1)N(c1cc(C(C)(C)C)c4sc5ccccc5c4c1)c1cc4c(cc1B3c1cc3c(cc1N2c1ccc2c(c1)C(C)(C)CCC2(C)C)C(C)(C)CCC3(C)C)C(C)(C)CC4(C)C. The molecular formula is C64H73BN2S. The fourth-order valence-electron chi connectivity index (χ4n) is 14.4. The highest BCUT2D eigenvalue weighted by Gasteiger charge is 2.50. The molecule has 0 saturated carbocycles. The van der Waals surface area contributed by atoms with E-state index in [1.165, 1.54) is 141 Å². The van der Waals surface area contributed by atoms with Gasteiger partial charge in [-0.3, -0.25) is 0 Å². The van der Waals surface area contributed by atoms with Gasteiger partial charge in [-0.1, -0.05) is 140 Å². The third-order valence-electron chi connectivity index (χ3n) is 18.3. The van der Waals surface area contributed by atoms with E-state index in [0.717, 1.165) is 6.42 Å². The Morgan fingerprint density at radius 3 is 1.53 bits per heavy atom.